The van der Waals surface area contributed by atoms with Crippen molar-refractivity contribution in [2.45, 2.75) is 89.3 Å². The lowest BCUT2D eigenvalue weighted by Gasteiger charge is -2.41. The third-order valence-corrected chi connectivity index (χ3v) is 11.3. The molecule has 0 bridgehead atoms. The summed E-state index contributed by atoms with van der Waals surface area (Å²) in [7, 11) is 3.46. The van der Waals surface area contributed by atoms with E-state index in [1.54, 1.807) is 24.3 Å². The van der Waals surface area contributed by atoms with Crippen molar-refractivity contribution < 1.29 is 14.3 Å². The number of likely N-dealkylation sites (N-methyl/N-ethyl adjacent to an activating group) is 1. The number of hydrogen-bond donors (Lipinski definition) is 2. The topological polar surface area (TPSA) is 106 Å². The first-order valence-corrected chi connectivity index (χ1v) is 17.5. The van der Waals surface area contributed by atoms with Gasteiger partial charge < -0.3 is 30.1 Å². The van der Waals surface area contributed by atoms with Gasteiger partial charge in [0.05, 0.1) is 24.4 Å². The number of rotatable bonds is 8. The molecule has 1 aromatic heterocycles. The molecular formula is C35H50N8O3. The summed E-state index contributed by atoms with van der Waals surface area (Å²) in [5, 5.41) is 6.62. The first-order valence-electron chi connectivity index (χ1n) is 17.5. The Kier molecular flexibility index (Phi) is 8.80. The SMILES string of the molecule is CCN1CCN([C@H]2CC[C@@H](NC(=O)c3ccc(Nc4ncc5c(n4)N(C4CCCC4)CC4(CC4)C(=O)N5C)c(OC)c3)CC2)CC1. The van der Waals surface area contributed by atoms with Crippen molar-refractivity contribution in [3.05, 3.63) is 30.0 Å². The Morgan fingerprint density at radius 1 is 1.02 bits per heavy atom. The number of amides is 2. The van der Waals surface area contributed by atoms with E-state index in [1.165, 1.54) is 12.8 Å². The zero-order chi connectivity index (χ0) is 31.8. The Hall–Kier alpha value is -3.44. The van der Waals surface area contributed by atoms with Crippen molar-refractivity contribution in [3.63, 3.8) is 0 Å². The van der Waals surface area contributed by atoms with Crippen LogP contribution in [0.3, 0.4) is 0 Å². The molecule has 11 heteroatoms. The normalized spacial score (nSPS) is 25.3. The Morgan fingerprint density at radius 3 is 2.43 bits per heavy atom. The van der Waals surface area contributed by atoms with Gasteiger partial charge in [0, 0.05) is 63.5 Å². The van der Waals surface area contributed by atoms with E-state index in [0.717, 1.165) is 102 Å². The Bertz CT molecular complexity index is 1420. The van der Waals surface area contributed by atoms with E-state index in [1.807, 2.05) is 19.2 Å². The van der Waals surface area contributed by atoms with Crippen molar-refractivity contribution in [2.75, 3.05) is 68.5 Å². The van der Waals surface area contributed by atoms with E-state index in [9.17, 15) is 9.59 Å². The molecule has 4 fully saturated rings. The van der Waals surface area contributed by atoms with Crippen LogP contribution < -0.4 is 25.2 Å². The van der Waals surface area contributed by atoms with Gasteiger partial charge in [-0.1, -0.05) is 19.8 Å². The van der Waals surface area contributed by atoms with Crippen LogP contribution >= 0.6 is 0 Å². The lowest BCUT2D eigenvalue weighted by molar-refractivity contribution is -0.122. The number of methoxy groups -OCH3 is 1. The quantitative estimate of drug-likeness (QED) is 0.439. The van der Waals surface area contributed by atoms with Gasteiger partial charge in [0.1, 0.15) is 11.4 Å². The zero-order valence-corrected chi connectivity index (χ0v) is 27.8. The van der Waals surface area contributed by atoms with E-state index < -0.39 is 0 Å². The summed E-state index contributed by atoms with van der Waals surface area (Å²) >= 11 is 0. The number of carbonyl (C=O) groups is 2. The maximum absolute atomic E-state index is 13.4. The lowest BCUT2D eigenvalue weighted by Crippen LogP contribution is -2.52. The van der Waals surface area contributed by atoms with Crippen LogP contribution in [0.15, 0.2) is 24.4 Å². The molecule has 2 amide bonds. The van der Waals surface area contributed by atoms with Gasteiger partial charge in [-0.15, -0.1) is 0 Å². The second-order valence-electron chi connectivity index (χ2n) is 14.1. The number of nitrogens with zero attached hydrogens (tertiary/aromatic N) is 6. The minimum absolute atomic E-state index is 0.0694. The van der Waals surface area contributed by atoms with Crippen molar-refractivity contribution >= 4 is 35.0 Å². The van der Waals surface area contributed by atoms with Gasteiger partial charge in [0.15, 0.2) is 5.82 Å². The van der Waals surface area contributed by atoms with Crippen LogP contribution in [0, 0.1) is 5.41 Å². The van der Waals surface area contributed by atoms with Crippen LogP contribution in [0.2, 0.25) is 0 Å². The highest BCUT2D eigenvalue weighted by molar-refractivity contribution is 6.03. The lowest BCUT2D eigenvalue weighted by atomic mass is 9.89. The highest BCUT2D eigenvalue weighted by Crippen LogP contribution is 2.52. The maximum atomic E-state index is 13.4. The van der Waals surface area contributed by atoms with Crippen molar-refractivity contribution in [1.29, 1.82) is 0 Å². The molecular weight excluding hydrogens is 580 g/mol. The van der Waals surface area contributed by atoms with Crippen LogP contribution in [0.1, 0.15) is 81.5 Å². The number of anilines is 4. The van der Waals surface area contributed by atoms with Crippen LogP contribution in [0.5, 0.6) is 5.75 Å². The molecule has 7 rings (SSSR count). The molecule has 2 aliphatic heterocycles. The van der Waals surface area contributed by atoms with Gasteiger partial charge in [0.25, 0.3) is 5.91 Å². The predicted molar refractivity (Wildman–Crippen MR) is 180 cm³/mol. The third kappa shape index (κ3) is 6.15. The number of fused-ring (bicyclic) bond motifs is 1. The minimum Gasteiger partial charge on any atom is -0.495 e. The number of hydrogen-bond acceptors (Lipinski definition) is 9. The summed E-state index contributed by atoms with van der Waals surface area (Å²) in [4.78, 5) is 45.6. The average Bonchev–Trinajstić information content (AvgIpc) is 3.70. The fourth-order valence-electron chi connectivity index (χ4n) is 8.20. The summed E-state index contributed by atoms with van der Waals surface area (Å²) in [5.41, 5.74) is 1.73. The molecule has 46 heavy (non-hydrogen) atoms. The van der Waals surface area contributed by atoms with Gasteiger partial charge in [-0.2, -0.15) is 4.98 Å². The largest absolute Gasteiger partial charge is 0.495 e. The maximum Gasteiger partial charge on any atom is 0.251 e. The second-order valence-corrected chi connectivity index (χ2v) is 14.1. The van der Waals surface area contributed by atoms with Gasteiger partial charge >= 0.3 is 0 Å². The summed E-state index contributed by atoms with van der Waals surface area (Å²) in [6.45, 7) is 8.73. The summed E-state index contributed by atoms with van der Waals surface area (Å²) in [6.07, 6.45) is 12.6. The molecule has 3 aliphatic carbocycles. The molecule has 3 heterocycles. The van der Waals surface area contributed by atoms with Crippen LogP contribution in [0.25, 0.3) is 0 Å². The third-order valence-electron chi connectivity index (χ3n) is 11.3. The Labute approximate surface area is 273 Å². The van der Waals surface area contributed by atoms with E-state index in [-0.39, 0.29) is 23.3 Å². The van der Waals surface area contributed by atoms with Crippen molar-refractivity contribution in [1.82, 2.24) is 25.1 Å². The van der Waals surface area contributed by atoms with Gasteiger partial charge in [-0.05, 0) is 76.1 Å². The molecule has 5 aliphatic rings. The molecule has 0 unspecified atom stereocenters. The van der Waals surface area contributed by atoms with E-state index in [0.29, 0.717) is 35.0 Å². The fraction of sp³-hybridized carbons (Fsp3) is 0.657. The molecule has 3 saturated carbocycles. The van der Waals surface area contributed by atoms with Gasteiger partial charge in [0.2, 0.25) is 11.9 Å². The number of nitrogens with one attached hydrogen (secondary N) is 2. The Balaban J connectivity index is 1.01. The van der Waals surface area contributed by atoms with Gasteiger partial charge in [-0.3, -0.25) is 14.5 Å². The smallest absolute Gasteiger partial charge is 0.251 e. The summed E-state index contributed by atoms with van der Waals surface area (Å²) in [6, 6.07) is 6.69. The van der Waals surface area contributed by atoms with Crippen LogP contribution in [-0.2, 0) is 4.79 Å². The molecule has 2 aromatic rings. The molecule has 11 nitrogen and oxygen atoms in total. The monoisotopic (exact) mass is 630 g/mol. The standard InChI is InChI=1S/C35H50N8O3/c1-4-41-17-19-42(20-18-41)26-12-10-25(11-13-26)37-32(44)24-9-14-28(30(21-24)46-3)38-34-36-22-29-31(39-34)43(27-7-5-6-8-27)23-35(15-16-35)33(45)40(29)2/h9,14,21-22,25-27H,4-8,10-13,15-20,23H2,1-3H3,(H,37,44)(H,36,38,39)/t25-,26+. The highest BCUT2D eigenvalue weighted by atomic mass is 16.5. The predicted octanol–water partition coefficient (Wildman–Crippen LogP) is 4.41. The van der Waals surface area contributed by atoms with E-state index in [4.69, 9.17) is 9.72 Å². The molecule has 248 valence electrons. The molecule has 1 spiro atoms. The fourth-order valence-corrected chi connectivity index (χ4v) is 8.20. The second kappa shape index (κ2) is 13.0. The van der Waals surface area contributed by atoms with Crippen molar-refractivity contribution in [2.24, 2.45) is 5.41 Å². The molecule has 1 saturated heterocycles. The van der Waals surface area contributed by atoms with E-state index in [2.05, 4.69) is 37.2 Å². The number of ether oxygens (including phenoxy) is 1. The van der Waals surface area contributed by atoms with E-state index >= 15 is 0 Å². The Morgan fingerprint density at radius 2 is 1.76 bits per heavy atom. The number of piperazine rings is 1. The van der Waals surface area contributed by atoms with Crippen LogP contribution in [-0.4, -0.2) is 103 Å². The number of benzene rings is 1. The molecule has 0 radical (unpaired) electrons. The number of aromatic nitrogens is 2. The molecule has 0 atom stereocenters. The van der Waals surface area contributed by atoms with Crippen LogP contribution in [0.4, 0.5) is 23.1 Å². The van der Waals surface area contributed by atoms with Gasteiger partial charge in [-0.25, -0.2) is 4.98 Å². The summed E-state index contributed by atoms with van der Waals surface area (Å²) in [5.74, 6) is 1.92. The first kappa shape index (κ1) is 31.2. The highest BCUT2D eigenvalue weighted by Gasteiger charge is 2.55. The minimum atomic E-state index is -0.297. The zero-order valence-electron chi connectivity index (χ0n) is 27.8. The van der Waals surface area contributed by atoms with Crippen molar-refractivity contribution in [3.8, 4) is 5.75 Å². The first-order chi connectivity index (χ1) is 22.4. The molecule has 1 aromatic carbocycles. The average molecular weight is 631 g/mol. The summed E-state index contributed by atoms with van der Waals surface area (Å²) < 4.78 is 5.73. The molecule has 2 N–H and O–H groups in total. The number of carbonyl (C=O) groups excluding carboxylic acids is 2.